The Labute approximate surface area is 192 Å². The number of hydrogen-bond donors (Lipinski definition) is 0. The van der Waals surface area contributed by atoms with Gasteiger partial charge in [-0.05, 0) is 43.6 Å². The van der Waals surface area contributed by atoms with Crippen molar-refractivity contribution in [1.29, 1.82) is 0 Å². The molecule has 160 valence electrons. The molecule has 1 fully saturated rings. The summed E-state index contributed by atoms with van der Waals surface area (Å²) in [6, 6.07) is 24.0. The quantitative estimate of drug-likeness (QED) is 0.504. The fourth-order valence-electron chi connectivity index (χ4n) is 4.85. The molecule has 3 aromatic carbocycles. The summed E-state index contributed by atoms with van der Waals surface area (Å²) in [5.41, 5.74) is 2.68. The van der Waals surface area contributed by atoms with Gasteiger partial charge in [-0.15, -0.1) is 0 Å². The Bertz CT molecular complexity index is 917. The van der Waals surface area contributed by atoms with Gasteiger partial charge in [0, 0.05) is 10.9 Å². The highest BCUT2D eigenvalue weighted by Gasteiger charge is 2.28. The van der Waals surface area contributed by atoms with Crippen molar-refractivity contribution in [3.8, 4) is 5.75 Å². The Morgan fingerprint density at radius 3 is 2.20 bits per heavy atom. The van der Waals surface area contributed by atoms with E-state index in [0.717, 1.165) is 29.9 Å². The van der Waals surface area contributed by atoms with Gasteiger partial charge in [0.25, 0.3) is 0 Å². The third-order valence-corrected chi connectivity index (χ3v) is 6.51. The molecule has 1 heterocycles. The van der Waals surface area contributed by atoms with Crippen LogP contribution in [0.4, 0.5) is 0 Å². The Hall–Kier alpha value is -1.84. The van der Waals surface area contributed by atoms with E-state index >= 15 is 0 Å². The second kappa shape index (κ2) is 11.0. The maximum Gasteiger partial charge on any atom is 0.137 e. The first-order valence-electron chi connectivity index (χ1n) is 11.3. The summed E-state index contributed by atoms with van der Waals surface area (Å²) in [6.07, 6.45) is 6.81. The van der Waals surface area contributed by atoms with Crippen molar-refractivity contribution in [1.82, 2.24) is 0 Å². The van der Waals surface area contributed by atoms with Crippen molar-refractivity contribution in [3.05, 3.63) is 77.9 Å². The van der Waals surface area contributed by atoms with Crippen molar-refractivity contribution in [3.63, 3.8) is 0 Å². The summed E-state index contributed by atoms with van der Waals surface area (Å²) < 4.78 is 7.63. The Morgan fingerprint density at radius 1 is 0.767 bits per heavy atom. The third kappa shape index (κ3) is 5.65. The minimum atomic E-state index is 0. The molecule has 0 unspecified atom stereocenters. The summed E-state index contributed by atoms with van der Waals surface area (Å²) in [7, 11) is 0. The number of likely N-dealkylation sites (tertiary alicyclic amines) is 1. The summed E-state index contributed by atoms with van der Waals surface area (Å²) in [5.74, 6) is 1.06. The van der Waals surface area contributed by atoms with Crippen molar-refractivity contribution in [2.24, 2.45) is 0 Å². The Balaban J connectivity index is 0.00000256. The first kappa shape index (κ1) is 22.8. The average Bonchev–Trinajstić information content (AvgIpc) is 2.73. The molecule has 0 saturated carbocycles. The smallest absolute Gasteiger partial charge is 0.137 e. The third-order valence-electron chi connectivity index (χ3n) is 6.51. The molecule has 0 N–H and O–H groups in total. The molecule has 1 aliphatic heterocycles. The second-order valence-corrected chi connectivity index (χ2v) is 8.71. The normalized spacial score (nSPS) is 16.3. The summed E-state index contributed by atoms with van der Waals surface area (Å²) in [4.78, 5) is 0. The van der Waals surface area contributed by atoms with Crippen LogP contribution in [0.15, 0.2) is 66.7 Å². The summed E-state index contributed by atoms with van der Waals surface area (Å²) >= 11 is 0. The molecule has 3 heteroatoms. The van der Waals surface area contributed by atoms with Gasteiger partial charge in [-0.3, -0.25) is 0 Å². The predicted molar refractivity (Wildman–Crippen MR) is 122 cm³/mol. The van der Waals surface area contributed by atoms with Crippen molar-refractivity contribution in [2.75, 3.05) is 26.2 Å². The molecule has 30 heavy (non-hydrogen) atoms. The number of rotatable bonds is 6. The van der Waals surface area contributed by atoms with Gasteiger partial charge in [-0.2, -0.15) is 0 Å². The number of quaternary nitrogens is 1. The maximum atomic E-state index is 6.47. The van der Waals surface area contributed by atoms with Crippen LogP contribution in [-0.2, 0) is 6.54 Å². The van der Waals surface area contributed by atoms with Gasteiger partial charge in [-0.25, -0.2) is 0 Å². The van der Waals surface area contributed by atoms with E-state index in [1.165, 1.54) is 67.1 Å². The molecule has 4 rings (SSSR count). The number of fused-ring (bicyclic) bond motifs is 1. The van der Waals surface area contributed by atoms with E-state index in [9.17, 15) is 0 Å². The van der Waals surface area contributed by atoms with E-state index in [-0.39, 0.29) is 17.0 Å². The molecule has 0 bridgehead atoms. The van der Waals surface area contributed by atoms with E-state index in [4.69, 9.17) is 4.74 Å². The molecule has 3 aromatic rings. The number of nitrogens with zero attached hydrogens (tertiary/aromatic N) is 1. The molecular formula is C27H34BrNO. The van der Waals surface area contributed by atoms with Crippen LogP contribution in [0.25, 0.3) is 10.8 Å². The molecule has 1 saturated heterocycles. The van der Waals surface area contributed by atoms with Crippen molar-refractivity contribution < 1.29 is 26.2 Å². The van der Waals surface area contributed by atoms with E-state index < -0.39 is 0 Å². The van der Waals surface area contributed by atoms with E-state index in [1.54, 1.807) is 0 Å². The van der Waals surface area contributed by atoms with Gasteiger partial charge in [0.1, 0.15) is 25.4 Å². The van der Waals surface area contributed by atoms with Crippen molar-refractivity contribution >= 4 is 10.8 Å². The van der Waals surface area contributed by atoms with Crippen LogP contribution in [0.5, 0.6) is 5.75 Å². The van der Waals surface area contributed by atoms with Crippen LogP contribution >= 0.6 is 0 Å². The highest BCUT2D eigenvalue weighted by molar-refractivity contribution is 5.89. The monoisotopic (exact) mass is 467 g/mol. The van der Waals surface area contributed by atoms with Crippen LogP contribution in [0.2, 0.25) is 0 Å². The fourth-order valence-corrected chi connectivity index (χ4v) is 4.85. The molecule has 0 spiro atoms. The van der Waals surface area contributed by atoms with Gasteiger partial charge in [0.2, 0.25) is 0 Å². The molecule has 0 radical (unpaired) electrons. The maximum absolute atomic E-state index is 6.47. The first-order valence-corrected chi connectivity index (χ1v) is 11.3. The predicted octanol–water partition coefficient (Wildman–Crippen LogP) is 3.51. The fraction of sp³-hybridized carbons (Fsp3) is 0.407. The SMILES string of the molecule is Cc1ccc2ccccc2c1OCC[N+]1(Cc2ccccc2)CCCCCCC1.[Br-]. The van der Waals surface area contributed by atoms with Gasteiger partial charge >= 0.3 is 0 Å². The summed E-state index contributed by atoms with van der Waals surface area (Å²) in [6.45, 7) is 7.68. The summed E-state index contributed by atoms with van der Waals surface area (Å²) in [5, 5.41) is 2.49. The zero-order valence-corrected chi connectivity index (χ0v) is 19.7. The van der Waals surface area contributed by atoms with Crippen molar-refractivity contribution in [2.45, 2.75) is 45.6 Å². The number of hydrogen-bond acceptors (Lipinski definition) is 1. The molecule has 0 aliphatic carbocycles. The molecule has 0 amide bonds. The lowest BCUT2D eigenvalue weighted by molar-refractivity contribution is -0.941. The van der Waals surface area contributed by atoms with E-state index in [1.807, 2.05) is 0 Å². The largest absolute Gasteiger partial charge is 1.00 e. The number of aryl methyl sites for hydroxylation is 1. The molecule has 0 aromatic heterocycles. The second-order valence-electron chi connectivity index (χ2n) is 8.71. The zero-order valence-electron chi connectivity index (χ0n) is 18.2. The minimum absolute atomic E-state index is 0. The van der Waals surface area contributed by atoms with Crippen LogP contribution in [0.3, 0.4) is 0 Å². The zero-order chi connectivity index (χ0) is 19.9. The van der Waals surface area contributed by atoms with Crippen LogP contribution in [0, 0.1) is 6.92 Å². The van der Waals surface area contributed by atoms with E-state index in [0.29, 0.717) is 0 Å². The van der Waals surface area contributed by atoms with Gasteiger partial charge in [-0.1, -0.05) is 73.2 Å². The number of benzene rings is 3. The van der Waals surface area contributed by atoms with Gasteiger partial charge < -0.3 is 26.2 Å². The lowest BCUT2D eigenvalue weighted by Crippen LogP contribution is -3.00. The molecular weight excluding hydrogens is 434 g/mol. The van der Waals surface area contributed by atoms with Crippen LogP contribution in [0.1, 0.15) is 43.2 Å². The van der Waals surface area contributed by atoms with Gasteiger partial charge in [0.15, 0.2) is 0 Å². The first-order chi connectivity index (χ1) is 14.3. The topological polar surface area (TPSA) is 9.23 Å². The number of halogens is 1. The van der Waals surface area contributed by atoms with Gasteiger partial charge in [0.05, 0.1) is 13.1 Å². The number of ether oxygens (including phenoxy) is 1. The minimum Gasteiger partial charge on any atom is -1.00 e. The molecule has 2 nitrogen and oxygen atoms in total. The Kier molecular flexibility index (Phi) is 8.35. The highest BCUT2D eigenvalue weighted by atomic mass is 79.9. The molecule has 0 atom stereocenters. The van der Waals surface area contributed by atoms with E-state index in [2.05, 4.69) is 73.7 Å². The molecule has 1 aliphatic rings. The standard InChI is InChI=1S/C27H34NO.BrH/c1-23-16-17-25-14-8-9-15-26(25)27(23)29-21-20-28(18-10-3-2-4-11-19-28)22-24-12-6-5-7-13-24;/h5-9,12-17H,2-4,10-11,18-22H2,1H3;1H/q+1;/p-1. The Morgan fingerprint density at radius 2 is 1.43 bits per heavy atom. The van der Waals surface area contributed by atoms with Crippen LogP contribution < -0.4 is 21.7 Å². The average molecular weight is 468 g/mol. The highest BCUT2D eigenvalue weighted by Crippen LogP contribution is 2.30. The van der Waals surface area contributed by atoms with Crippen LogP contribution in [-0.4, -0.2) is 30.7 Å². The lowest BCUT2D eigenvalue weighted by Gasteiger charge is -2.40. The lowest BCUT2D eigenvalue weighted by atomic mass is 10.0.